The Morgan fingerprint density at radius 3 is 2.52 bits per heavy atom. The van der Waals surface area contributed by atoms with Crippen molar-refractivity contribution in [1.82, 2.24) is 0 Å². The van der Waals surface area contributed by atoms with Crippen molar-refractivity contribution in [2.45, 2.75) is 13.8 Å². The number of carbonyl (C=O) groups is 1. The Morgan fingerprint density at radius 2 is 1.81 bits per heavy atom. The zero-order valence-corrected chi connectivity index (χ0v) is 12.3. The molecule has 0 aliphatic carbocycles. The molecule has 0 radical (unpaired) electrons. The summed E-state index contributed by atoms with van der Waals surface area (Å²) in [6, 6.07) is 14.9. The fourth-order valence-corrected chi connectivity index (χ4v) is 1.81. The third-order valence-electron chi connectivity index (χ3n) is 2.82. The second-order valence-corrected chi connectivity index (χ2v) is 4.61. The SMILES string of the molecule is CCOc1cccc(NC(=O)COc2ccc(C)cc2)c1. The van der Waals surface area contributed by atoms with Crippen LogP contribution in [-0.2, 0) is 4.79 Å². The first-order valence-electron chi connectivity index (χ1n) is 6.89. The van der Waals surface area contributed by atoms with Crippen LogP contribution in [0.1, 0.15) is 12.5 Å². The average molecular weight is 285 g/mol. The number of aryl methyl sites for hydroxylation is 1. The molecule has 21 heavy (non-hydrogen) atoms. The van der Waals surface area contributed by atoms with Gasteiger partial charge < -0.3 is 14.8 Å². The van der Waals surface area contributed by atoms with Crippen molar-refractivity contribution in [3.8, 4) is 11.5 Å². The third kappa shape index (κ3) is 4.84. The van der Waals surface area contributed by atoms with E-state index >= 15 is 0 Å². The number of hydrogen-bond donors (Lipinski definition) is 1. The lowest BCUT2D eigenvalue weighted by atomic mass is 10.2. The van der Waals surface area contributed by atoms with E-state index in [1.54, 1.807) is 6.07 Å². The van der Waals surface area contributed by atoms with E-state index in [-0.39, 0.29) is 12.5 Å². The number of rotatable bonds is 6. The van der Waals surface area contributed by atoms with Crippen LogP contribution in [-0.4, -0.2) is 19.1 Å². The quantitative estimate of drug-likeness (QED) is 0.884. The predicted octanol–water partition coefficient (Wildman–Crippen LogP) is 3.41. The van der Waals surface area contributed by atoms with E-state index in [1.165, 1.54) is 0 Å². The molecule has 4 nitrogen and oxygen atoms in total. The summed E-state index contributed by atoms with van der Waals surface area (Å²) in [5.41, 5.74) is 1.85. The fourth-order valence-electron chi connectivity index (χ4n) is 1.81. The molecule has 0 saturated carbocycles. The molecular weight excluding hydrogens is 266 g/mol. The van der Waals surface area contributed by atoms with Gasteiger partial charge in [-0.2, -0.15) is 0 Å². The molecule has 4 heteroatoms. The van der Waals surface area contributed by atoms with Crippen LogP contribution in [0.3, 0.4) is 0 Å². The molecule has 0 aromatic heterocycles. The zero-order valence-electron chi connectivity index (χ0n) is 12.3. The van der Waals surface area contributed by atoms with Crippen molar-refractivity contribution in [2.75, 3.05) is 18.5 Å². The summed E-state index contributed by atoms with van der Waals surface area (Å²) in [7, 11) is 0. The van der Waals surface area contributed by atoms with Crippen molar-refractivity contribution in [1.29, 1.82) is 0 Å². The van der Waals surface area contributed by atoms with E-state index < -0.39 is 0 Å². The van der Waals surface area contributed by atoms with Gasteiger partial charge >= 0.3 is 0 Å². The normalized spacial score (nSPS) is 10.0. The highest BCUT2D eigenvalue weighted by atomic mass is 16.5. The molecule has 1 amide bonds. The van der Waals surface area contributed by atoms with E-state index in [9.17, 15) is 4.79 Å². The number of hydrogen-bond acceptors (Lipinski definition) is 3. The third-order valence-corrected chi connectivity index (χ3v) is 2.82. The van der Waals surface area contributed by atoms with E-state index in [1.807, 2.05) is 56.3 Å². The highest BCUT2D eigenvalue weighted by Gasteiger charge is 2.04. The second kappa shape index (κ2) is 7.33. The second-order valence-electron chi connectivity index (χ2n) is 4.61. The van der Waals surface area contributed by atoms with Gasteiger partial charge in [-0.05, 0) is 38.1 Å². The molecule has 0 saturated heterocycles. The average Bonchev–Trinajstić information content (AvgIpc) is 2.47. The highest BCUT2D eigenvalue weighted by Crippen LogP contribution is 2.17. The molecule has 2 aromatic carbocycles. The van der Waals surface area contributed by atoms with Gasteiger partial charge in [-0.25, -0.2) is 0 Å². The Labute approximate surface area is 124 Å². The van der Waals surface area contributed by atoms with Gasteiger partial charge in [-0.15, -0.1) is 0 Å². The minimum atomic E-state index is -0.204. The van der Waals surface area contributed by atoms with E-state index in [4.69, 9.17) is 9.47 Å². The Kier molecular flexibility index (Phi) is 5.21. The summed E-state index contributed by atoms with van der Waals surface area (Å²) in [6.45, 7) is 4.48. The smallest absolute Gasteiger partial charge is 0.262 e. The van der Waals surface area contributed by atoms with Gasteiger partial charge in [0.05, 0.1) is 6.61 Å². The summed E-state index contributed by atoms with van der Waals surface area (Å²) in [6.07, 6.45) is 0. The monoisotopic (exact) mass is 285 g/mol. The van der Waals surface area contributed by atoms with Crippen molar-refractivity contribution >= 4 is 11.6 Å². The lowest BCUT2D eigenvalue weighted by Gasteiger charge is -2.09. The minimum absolute atomic E-state index is 0.0259. The van der Waals surface area contributed by atoms with Crippen LogP contribution in [0.5, 0.6) is 11.5 Å². The molecule has 2 aromatic rings. The Hall–Kier alpha value is -2.49. The van der Waals surface area contributed by atoms with E-state index in [0.717, 1.165) is 11.3 Å². The van der Waals surface area contributed by atoms with Gasteiger partial charge in [0.25, 0.3) is 5.91 Å². The molecule has 0 unspecified atom stereocenters. The van der Waals surface area contributed by atoms with Gasteiger partial charge in [-0.1, -0.05) is 23.8 Å². The van der Waals surface area contributed by atoms with Gasteiger partial charge in [0.2, 0.25) is 0 Å². The Bertz CT molecular complexity index is 593. The summed E-state index contributed by atoms with van der Waals surface area (Å²) in [5, 5.41) is 2.78. The molecule has 1 N–H and O–H groups in total. The van der Waals surface area contributed by atoms with Gasteiger partial charge in [0.15, 0.2) is 6.61 Å². The maximum Gasteiger partial charge on any atom is 0.262 e. The molecule has 0 spiro atoms. The van der Waals surface area contributed by atoms with Crippen LogP contribution in [0.4, 0.5) is 5.69 Å². The van der Waals surface area contributed by atoms with Gasteiger partial charge in [-0.3, -0.25) is 4.79 Å². The number of anilines is 1. The van der Waals surface area contributed by atoms with E-state index in [0.29, 0.717) is 18.0 Å². The number of amides is 1. The van der Waals surface area contributed by atoms with Crippen LogP contribution in [0.25, 0.3) is 0 Å². The van der Waals surface area contributed by atoms with Crippen LogP contribution in [0.15, 0.2) is 48.5 Å². The van der Waals surface area contributed by atoms with E-state index in [2.05, 4.69) is 5.32 Å². The van der Waals surface area contributed by atoms with Crippen LogP contribution < -0.4 is 14.8 Å². The highest BCUT2D eigenvalue weighted by molar-refractivity contribution is 5.92. The standard InChI is InChI=1S/C17H19NO3/c1-3-20-16-6-4-5-14(11-16)18-17(19)12-21-15-9-7-13(2)8-10-15/h4-11H,3,12H2,1-2H3,(H,18,19). The van der Waals surface area contributed by atoms with Crippen LogP contribution >= 0.6 is 0 Å². The number of carbonyl (C=O) groups excluding carboxylic acids is 1. The molecule has 0 atom stereocenters. The largest absolute Gasteiger partial charge is 0.494 e. The zero-order chi connectivity index (χ0) is 15.1. The number of nitrogens with one attached hydrogen (secondary N) is 1. The topological polar surface area (TPSA) is 47.6 Å². The first kappa shape index (κ1) is 14.9. The fraction of sp³-hybridized carbons (Fsp3) is 0.235. The van der Waals surface area contributed by atoms with Crippen molar-refractivity contribution in [2.24, 2.45) is 0 Å². The number of ether oxygens (including phenoxy) is 2. The van der Waals surface area contributed by atoms with Gasteiger partial charge in [0.1, 0.15) is 11.5 Å². The van der Waals surface area contributed by atoms with Gasteiger partial charge in [0, 0.05) is 11.8 Å². The van der Waals surface area contributed by atoms with Crippen molar-refractivity contribution in [3.63, 3.8) is 0 Å². The van der Waals surface area contributed by atoms with Crippen LogP contribution in [0, 0.1) is 6.92 Å². The van der Waals surface area contributed by atoms with Crippen LogP contribution in [0.2, 0.25) is 0 Å². The van der Waals surface area contributed by atoms with Crippen molar-refractivity contribution < 1.29 is 14.3 Å². The summed E-state index contributed by atoms with van der Waals surface area (Å²) < 4.78 is 10.8. The Balaban J connectivity index is 1.86. The first-order chi connectivity index (χ1) is 10.2. The molecule has 0 heterocycles. The lowest BCUT2D eigenvalue weighted by molar-refractivity contribution is -0.118. The first-order valence-corrected chi connectivity index (χ1v) is 6.89. The van der Waals surface area contributed by atoms with Crippen molar-refractivity contribution in [3.05, 3.63) is 54.1 Å². The maximum absolute atomic E-state index is 11.8. The number of benzene rings is 2. The molecule has 0 aliphatic heterocycles. The predicted molar refractivity (Wildman–Crippen MR) is 82.9 cm³/mol. The molecule has 2 rings (SSSR count). The summed E-state index contributed by atoms with van der Waals surface area (Å²) >= 11 is 0. The molecule has 0 fully saturated rings. The Morgan fingerprint density at radius 1 is 1.05 bits per heavy atom. The summed E-state index contributed by atoms with van der Waals surface area (Å²) in [4.78, 5) is 11.8. The minimum Gasteiger partial charge on any atom is -0.494 e. The molecule has 0 bridgehead atoms. The molecular formula is C17H19NO3. The lowest BCUT2D eigenvalue weighted by Crippen LogP contribution is -2.20. The molecule has 110 valence electrons. The molecule has 0 aliphatic rings. The maximum atomic E-state index is 11.8. The summed E-state index contributed by atoms with van der Waals surface area (Å²) in [5.74, 6) is 1.21.